The molecular formula is C18H24N2O2. The van der Waals surface area contributed by atoms with Crippen molar-refractivity contribution in [1.29, 1.82) is 0 Å². The van der Waals surface area contributed by atoms with Crippen molar-refractivity contribution in [2.45, 2.75) is 52.0 Å². The summed E-state index contributed by atoms with van der Waals surface area (Å²) >= 11 is 0. The number of fused-ring (bicyclic) bond motifs is 1. The molecule has 0 radical (unpaired) electrons. The van der Waals surface area contributed by atoms with Crippen LogP contribution >= 0.6 is 0 Å². The largest absolute Gasteiger partial charge is 0.460 e. The summed E-state index contributed by atoms with van der Waals surface area (Å²) in [5.74, 6) is 1.81. The number of hydrogen-bond acceptors (Lipinski definition) is 3. The van der Waals surface area contributed by atoms with Crippen LogP contribution in [0.3, 0.4) is 0 Å². The first-order valence-electron chi connectivity index (χ1n) is 8.33. The fraction of sp³-hybridized carbons (Fsp3) is 0.500. The number of H-pyrrole nitrogens is 1. The van der Waals surface area contributed by atoms with E-state index in [1.165, 1.54) is 18.4 Å². The Morgan fingerprint density at radius 3 is 2.86 bits per heavy atom. The molecule has 2 N–H and O–H groups in total. The van der Waals surface area contributed by atoms with Crippen molar-refractivity contribution in [3.05, 3.63) is 45.6 Å². The molecule has 0 spiro atoms. The van der Waals surface area contributed by atoms with E-state index in [4.69, 9.17) is 4.42 Å². The maximum atomic E-state index is 12.0. The van der Waals surface area contributed by atoms with Crippen molar-refractivity contribution in [3.63, 3.8) is 0 Å². The summed E-state index contributed by atoms with van der Waals surface area (Å²) in [6.45, 7) is 3.96. The van der Waals surface area contributed by atoms with Crippen molar-refractivity contribution in [2.75, 3.05) is 6.54 Å². The second-order valence-electron chi connectivity index (χ2n) is 5.99. The molecule has 0 bridgehead atoms. The Morgan fingerprint density at radius 1 is 1.23 bits per heavy atom. The monoisotopic (exact) mass is 300 g/mol. The van der Waals surface area contributed by atoms with Gasteiger partial charge in [0.15, 0.2) is 0 Å². The molecule has 0 saturated heterocycles. The third-order valence-electron chi connectivity index (χ3n) is 4.35. The number of nitrogens with one attached hydrogen (secondary N) is 2. The average Bonchev–Trinajstić information content (AvgIpc) is 3.01. The van der Waals surface area contributed by atoms with Crippen LogP contribution in [0.5, 0.6) is 0 Å². The number of unbranched alkanes of at least 4 members (excludes halogenated alkanes) is 1. The zero-order chi connectivity index (χ0) is 15.4. The number of hydrogen-bond donors (Lipinski definition) is 2. The highest BCUT2D eigenvalue weighted by atomic mass is 16.3. The van der Waals surface area contributed by atoms with Crippen LogP contribution in [0.4, 0.5) is 0 Å². The maximum absolute atomic E-state index is 12.0. The third kappa shape index (κ3) is 3.17. The first-order valence-corrected chi connectivity index (χ1v) is 8.33. The lowest BCUT2D eigenvalue weighted by atomic mass is 9.89. The normalized spacial score (nSPS) is 14.0. The Bertz CT molecular complexity index is 685. The summed E-state index contributed by atoms with van der Waals surface area (Å²) in [6, 6.07) is 4.04. The molecule has 0 unspecified atom stereocenters. The lowest BCUT2D eigenvalue weighted by molar-refractivity contribution is 0.489. The van der Waals surface area contributed by atoms with Gasteiger partial charge in [-0.15, -0.1) is 0 Å². The Morgan fingerprint density at radius 2 is 2.05 bits per heavy atom. The summed E-state index contributed by atoms with van der Waals surface area (Å²) in [6.07, 6.45) is 8.28. The predicted molar refractivity (Wildman–Crippen MR) is 88.0 cm³/mol. The van der Waals surface area contributed by atoms with E-state index in [2.05, 4.69) is 17.2 Å². The highest BCUT2D eigenvalue weighted by Gasteiger charge is 2.19. The fourth-order valence-electron chi connectivity index (χ4n) is 3.12. The molecule has 0 amide bonds. The average molecular weight is 300 g/mol. The van der Waals surface area contributed by atoms with Gasteiger partial charge in [-0.1, -0.05) is 13.3 Å². The molecule has 1 aliphatic carbocycles. The highest BCUT2D eigenvalue weighted by Crippen LogP contribution is 2.30. The van der Waals surface area contributed by atoms with Crippen LogP contribution < -0.4 is 10.9 Å². The van der Waals surface area contributed by atoms with E-state index in [9.17, 15) is 4.79 Å². The van der Waals surface area contributed by atoms with E-state index >= 15 is 0 Å². The zero-order valence-electron chi connectivity index (χ0n) is 13.2. The number of aromatic nitrogens is 1. The minimum atomic E-state index is 0.0615. The van der Waals surface area contributed by atoms with Crippen molar-refractivity contribution < 1.29 is 4.42 Å². The first-order chi connectivity index (χ1) is 10.8. The summed E-state index contributed by atoms with van der Waals surface area (Å²) in [7, 11) is 0. The van der Waals surface area contributed by atoms with Crippen molar-refractivity contribution in [1.82, 2.24) is 10.3 Å². The van der Waals surface area contributed by atoms with E-state index < -0.39 is 0 Å². The number of furan rings is 1. The second-order valence-corrected chi connectivity index (χ2v) is 5.99. The maximum Gasteiger partial charge on any atom is 0.251 e. The molecule has 0 saturated carbocycles. The molecule has 0 fully saturated rings. The fourth-order valence-corrected chi connectivity index (χ4v) is 3.12. The lowest BCUT2D eigenvalue weighted by Crippen LogP contribution is -2.19. The molecule has 0 aliphatic heterocycles. The van der Waals surface area contributed by atoms with Crippen LogP contribution in [0.15, 0.2) is 27.5 Å². The van der Waals surface area contributed by atoms with Gasteiger partial charge in [-0.2, -0.15) is 0 Å². The standard InChI is InChI=1S/C18H24N2O2/c1-2-3-10-19-11-13-8-9-17(22-13)16-12-20-18(21)15-7-5-4-6-14(15)16/h8-9,12,19H,2-7,10-11H2,1H3,(H,20,21). The van der Waals surface area contributed by atoms with Gasteiger partial charge in [-0.3, -0.25) is 4.79 Å². The summed E-state index contributed by atoms with van der Waals surface area (Å²) in [4.78, 5) is 14.8. The quantitative estimate of drug-likeness (QED) is 0.804. The molecule has 0 aromatic carbocycles. The van der Waals surface area contributed by atoms with Crippen LogP contribution in [0.25, 0.3) is 11.3 Å². The minimum absolute atomic E-state index is 0.0615. The molecule has 0 atom stereocenters. The van der Waals surface area contributed by atoms with Crippen molar-refractivity contribution in [3.8, 4) is 11.3 Å². The van der Waals surface area contributed by atoms with Gasteiger partial charge in [-0.05, 0) is 56.3 Å². The molecule has 1 aliphatic rings. The molecular weight excluding hydrogens is 276 g/mol. The summed E-state index contributed by atoms with van der Waals surface area (Å²) in [5.41, 5.74) is 3.23. The molecule has 2 aromatic rings. The molecule has 4 heteroatoms. The Balaban J connectivity index is 1.80. The van der Waals surface area contributed by atoms with Crippen LogP contribution in [-0.2, 0) is 19.4 Å². The lowest BCUT2D eigenvalue weighted by Gasteiger charge is -2.17. The van der Waals surface area contributed by atoms with Gasteiger partial charge in [0.25, 0.3) is 5.56 Å². The predicted octanol–water partition coefficient (Wildman–Crippen LogP) is 3.40. The molecule has 2 aromatic heterocycles. The van der Waals surface area contributed by atoms with Crippen molar-refractivity contribution >= 4 is 0 Å². The zero-order valence-corrected chi connectivity index (χ0v) is 13.2. The van der Waals surface area contributed by atoms with Gasteiger partial charge in [-0.25, -0.2) is 0 Å². The Hall–Kier alpha value is -1.81. The van der Waals surface area contributed by atoms with E-state index in [1.54, 1.807) is 6.20 Å². The highest BCUT2D eigenvalue weighted by molar-refractivity contribution is 5.63. The van der Waals surface area contributed by atoms with E-state index in [-0.39, 0.29) is 5.56 Å². The summed E-state index contributed by atoms with van der Waals surface area (Å²) < 4.78 is 5.97. The molecule has 22 heavy (non-hydrogen) atoms. The smallest absolute Gasteiger partial charge is 0.251 e. The Kier molecular flexibility index (Phi) is 4.78. The first kappa shape index (κ1) is 15.1. The van der Waals surface area contributed by atoms with Gasteiger partial charge in [0, 0.05) is 17.3 Å². The number of rotatable bonds is 6. The summed E-state index contributed by atoms with van der Waals surface area (Å²) in [5, 5.41) is 3.39. The molecule has 4 nitrogen and oxygen atoms in total. The minimum Gasteiger partial charge on any atom is -0.460 e. The van der Waals surface area contributed by atoms with Gasteiger partial charge in [0.1, 0.15) is 11.5 Å². The number of aromatic amines is 1. The van der Waals surface area contributed by atoms with E-state index in [0.29, 0.717) is 0 Å². The SMILES string of the molecule is CCCCNCc1ccc(-c2c[nH]c(=O)c3c2CCCC3)o1. The molecule has 2 heterocycles. The van der Waals surface area contributed by atoms with Gasteiger partial charge < -0.3 is 14.7 Å². The van der Waals surface area contributed by atoms with Gasteiger partial charge in [0.05, 0.1) is 6.54 Å². The third-order valence-corrected chi connectivity index (χ3v) is 4.35. The Labute approximate surface area is 130 Å². The van der Waals surface area contributed by atoms with Crippen LogP contribution in [0.2, 0.25) is 0 Å². The second kappa shape index (κ2) is 6.97. The topological polar surface area (TPSA) is 58.0 Å². The molecule has 118 valence electrons. The van der Waals surface area contributed by atoms with E-state index in [1.807, 2.05) is 12.1 Å². The van der Waals surface area contributed by atoms with Gasteiger partial charge in [0.2, 0.25) is 0 Å². The number of pyridine rings is 1. The molecule has 3 rings (SSSR count). The van der Waals surface area contributed by atoms with Gasteiger partial charge >= 0.3 is 0 Å². The van der Waals surface area contributed by atoms with Crippen molar-refractivity contribution in [2.24, 2.45) is 0 Å². The van der Waals surface area contributed by atoms with Crippen LogP contribution in [0.1, 0.15) is 49.5 Å². The van der Waals surface area contributed by atoms with Crippen LogP contribution in [0, 0.1) is 0 Å². The van der Waals surface area contributed by atoms with E-state index in [0.717, 1.165) is 61.4 Å². The van der Waals surface area contributed by atoms with Crippen LogP contribution in [-0.4, -0.2) is 11.5 Å².